The third-order valence-corrected chi connectivity index (χ3v) is 3.04. The van der Waals surface area contributed by atoms with E-state index in [0.29, 0.717) is 18.4 Å². The summed E-state index contributed by atoms with van der Waals surface area (Å²) < 4.78 is 13.0. The van der Waals surface area contributed by atoms with Gasteiger partial charge in [-0.2, -0.15) is 0 Å². The zero-order valence-electron chi connectivity index (χ0n) is 12.1. The van der Waals surface area contributed by atoms with Crippen molar-refractivity contribution in [1.29, 1.82) is 0 Å². The molecule has 0 bridgehead atoms. The van der Waals surface area contributed by atoms with Crippen LogP contribution in [0.2, 0.25) is 0 Å². The van der Waals surface area contributed by atoms with Crippen molar-refractivity contribution in [2.75, 3.05) is 13.2 Å². The number of rotatable bonds is 8. The van der Waals surface area contributed by atoms with Crippen LogP contribution < -0.4 is 10.6 Å². The molecule has 0 aliphatic carbocycles. The van der Waals surface area contributed by atoms with Gasteiger partial charge in [0.05, 0.1) is 13.0 Å². The maximum atomic E-state index is 13.0. The summed E-state index contributed by atoms with van der Waals surface area (Å²) in [6.07, 6.45) is 1.22. The van der Waals surface area contributed by atoms with Crippen molar-refractivity contribution in [3.63, 3.8) is 0 Å². The monoisotopic (exact) mass is 296 g/mol. The minimum Gasteiger partial charge on any atom is -0.396 e. The van der Waals surface area contributed by atoms with Crippen molar-refractivity contribution in [2.45, 2.75) is 32.2 Å². The van der Waals surface area contributed by atoms with Gasteiger partial charge >= 0.3 is 0 Å². The van der Waals surface area contributed by atoms with E-state index in [1.54, 1.807) is 6.07 Å². The molecule has 6 heteroatoms. The Kier molecular flexibility index (Phi) is 7.39. The van der Waals surface area contributed by atoms with Gasteiger partial charge in [0, 0.05) is 12.6 Å². The number of amides is 2. The van der Waals surface area contributed by atoms with Crippen LogP contribution in [0.25, 0.3) is 0 Å². The maximum absolute atomic E-state index is 13.0. The van der Waals surface area contributed by atoms with E-state index in [1.807, 2.05) is 6.92 Å². The van der Waals surface area contributed by atoms with Gasteiger partial charge in [-0.25, -0.2) is 4.39 Å². The number of halogens is 1. The maximum Gasteiger partial charge on any atom is 0.239 e. The fraction of sp³-hybridized carbons (Fsp3) is 0.467. The Morgan fingerprint density at radius 2 is 2.10 bits per heavy atom. The molecule has 1 aromatic rings. The summed E-state index contributed by atoms with van der Waals surface area (Å²) in [6, 6.07) is 5.68. The number of benzene rings is 1. The summed E-state index contributed by atoms with van der Waals surface area (Å²) in [6.45, 7) is 1.78. The van der Waals surface area contributed by atoms with Gasteiger partial charge in [-0.15, -0.1) is 0 Å². The predicted molar refractivity (Wildman–Crippen MR) is 77.0 cm³/mol. The van der Waals surface area contributed by atoms with E-state index in [2.05, 4.69) is 10.6 Å². The highest BCUT2D eigenvalue weighted by molar-refractivity contribution is 5.85. The van der Waals surface area contributed by atoms with Gasteiger partial charge in [-0.1, -0.05) is 19.1 Å². The van der Waals surface area contributed by atoms with Gasteiger partial charge in [0.2, 0.25) is 11.8 Å². The molecule has 0 aromatic heterocycles. The second-order valence-corrected chi connectivity index (χ2v) is 4.77. The molecule has 21 heavy (non-hydrogen) atoms. The zero-order chi connectivity index (χ0) is 15.7. The molecule has 0 saturated carbocycles. The van der Waals surface area contributed by atoms with Gasteiger partial charge < -0.3 is 15.7 Å². The van der Waals surface area contributed by atoms with Crippen LogP contribution in [0, 0.1) is 5.82 Å². The van der Waals surface area contributed by atoms with Gasteiger partial charge in [0.1, 0.15) is 5.82 Å². The fourth-order valence-electron chi connectivity index (χ4n) is 1.89. The molecule has 1 unspecified atom stereocenters. The van der Waals surface area contributed by atoms with Crippen molar-refractivity contribution in [2.24, 2.45) is 0 Å². The van der Waals surface area contributed by atoms with E-state index in [1.165, 1.54) is 18.2 Å². The molecule has 0 heterocycles. The Hall–Kier alpha value is -1.95. The summed E-state index contributed by atoms with van der Waals surface area (Å²) in [7, 11) is 0. The summed E-state index contributed by atoms with van der Waals surface area (Å²) in [5, 5.41) is 14.0. The van der Waals surface area contributed by atoms with Crippen molar-refractivity contribution in [3.05, 3.63) is 35.6 Å². The van der Waals surface area contributed by atoms with E-state index < -0.39 is 5.82 Å². The number of hydrogen-bond donors (Lipinski definition) is 3. The van der Waals surface area contributed by atoms with Crippen LogP contribution in [0.1, 0.15) is 25.3 Å². The van der Waals surface area contributed by atoms with E-state index in [0.717, 1.165) is 0 Å². The van der Waals surface area contributed by atoms with Gasteiger partial charge in [0.25, 0.3) is 0 Å². The summed E-state index contributed by atoms with van der Waals surface area (Å²) in [4.78, 5) is 23.3. The lowest BCUT2D eigenvalue weighted by Gasteiger charge is -2.15. The molecule has 2 amide bonds. The van der Waals surface area contributed by atoms with Crippen molar-refractivity contribution in [1.82, 2.24) is 10.6 Å². The molecule has 0 saturated heterocycles. The third-order valence-electron chi connectivity index (χ3n) is 3.04. The normalized spacial score (nSPS) is 11.8. The van der Waals surface area contributed by atoms with Crippen LogP contribution in [-0.2, 0) is 16.0 Å². The molecular weight excluding hydrogens is 275 g/mol. The van der Waals surface area contributed by atoms with Crippen LogP contribution >= 0.6 is 0 Å². The summed E-state index contributed by atoms with van der Waals surface area (Å²) in [5.41, 5.74) is 0.555. The first-order chi connectivity index (χ1) is 10.0. The van der Waals surface area contributed by atoms with E-state index >= 15 is 0 Å². The summed E-state index contributed by atoms with van der Waals surface area (Å²) in [5.74, 6) is -1.04. The lowest BCUT2D eigenvalue weighted by Crippen LogP contribution is -2.42. The minimum absolute atomic E-state index is 0.00468. The molecular formula is C15H21FN2O3. The second-order valence-electron chi connectivity index (χ2n) is 4.77. The molecule has 116 valence electrons. The second kappa shape index (κ2) is 9.07. The Labute approximate surface area is 123 Å². The number of aliphatic hydroxyl groups is 1. The van der Waals surface area contributed by atoms with E-state index in [-0.39, 0.29) is 37.4 Å². The Morgan fingerprint density at radius 1 is 1.33 bits per heavy atom. The third kappa shape index (κ3) is 6.85. The number of aliphatic hydroxyl groups excluding tert-OH is 1. The zero-order valence-corrected chi connectivity index (χ0v) is 12.1. The van der Waals surface area contributed by atoms with Crippen LogP contribution in [0.15, 0.2) is 24.3 Å². The topological polar surface area (TPSA) is 78.4 Å². The number of carbonyl (C=O) groups is 2. The van der Waals surface area contributed by atoms with Crippen LogP contribution in [0.5, 0.6) is 0 Å². The first-order valence-corrected chi connectivity index (χ1v) is 6.96. The number of hydrogen-bond acceptors (Lipinski definition) is 3. The largest absolute Gasteiger partial charge is 0.396 e. The molecule has 3 N–H and O–H groups in total. The molecule has 0 fully saturated rings. The van der Waals surface area contributed by atoms with Gasteiger partial charge in [-0.3, -0.25) is 9.59 Å². The van der Waals surface area contributed by atoms with Gasteiger partial charge in [0.15, 0.2) is 0 Å². The number of nitrogens with one attached hydrogen (secondary N) is 2. The standard InChI is InChI=1S/C15H21FN2O3/c1-2-13(6-7-19)18-15(21)10-17-14(20)9-11-4-3-5-12(16)8-11/h3-5,8,13,19H,2,6-7,9-10H2,1H3,(H,17,20)(H,18,21). The van der Waals surface area contributed by atoms with Crippen molar-refractivity contribution < 1.29 is 19.1 Å². The van der Waals surface area contributed by atoms with Crippen LogP contribution in [0.4, 0.5) is 4.39 Å². The first kappa shape index (κ1) is 17.1. The van der Waals surface area contributed by atoms with Crippen LogP contribution in [0.3, 0.4) is 0 Å². The molecule has 1 aromatic carbocycles. The molecule has 1 atom stereocenters. The highest BCUT2D eigenvalue weighted by Gasteiger charge is 2.11. The van der Waals surface area contributed by atoms with Crippen molar-refractivity contribution >= 4 is 11.8 Å². The molecule has 0 aliphatic rings. The smallest absolute Gasteiger partial charge is 0.239 e. The van der Waals surface area contributed by atoms with E-state index in [9.17, 15) is 14.0 Å². The van der Waals surface area contributed by atoms with Crippen LogP contribution in [-0.4, -0.2) is 36.1 Å². The molecule has 0 spiro atoms. The predicted octanol–water partition coefficient (Wildman–Crippen LogP) is 0.762. The lowest BCUT2D eigenvalue weighted by atomic mass is 10.1. The fourth-order valence-corrected chi connectivity index (χ4v) is 1.89. The highest BCUT2D eigenvalue weighted by atomic mass is 19.1. The Balaban J connectivity index is 2.34. The average molecular weight is 296 g/mol. The molecule has 0 aliphatic heterocycles. The molecule has 1 rings (SSSR count). The minimum atomic E-state index is -0.396. The average Bonchev–Trinajstić information content (AvgIpc) is 2.44. The first-order valence-electron chi connectivity index (χ1n) is 6.96. The lowest BCUT2D eigenvalue weighted by molar-refractivity contribution is -0.126. The quantitative estimate of drug-likeness (QED) is 0.663. The highest BCUT2D eigenvalue weighted by Crippen LogP contribution is 2.04. The van der Waals surface area contributed by atoms with Gasteiger partial charge in [-0.05, 0) is 30.5 Å². The van der Waals surface area contributed by atoms with E-state index in [4.69, 9.17) is 5.11 Å². The Bertz CT molecular complexity index is 480. The Morgan fingerprint density at radius 3 is 2.71 bits per heavy atom. The number of carbonyl (C=O) groups excluding carboxylic acids is 2. The molecule has 0 radical (unpaired) electrons. The van der Waals surface area contributed by atoms with Crippen molar-refractivity contribution in [3.8, 4) is 0 Å². The SMILES string of the molecule is CCC(CCO)NC(=O)CNC(=O)Cc1cccc(F)c1. The molecule has 5 nitrogen and oxygen atoms in total. The summed E-state index contributed by atoms with van der Waals surface area (Å²) >= 11 is 0.